The van der Waals surface area contributed by atoms with E-state index >= 15 is 0 Å². The van der Waals surface area contributed by atoms with Crippen LogP contribution >= 0.6 is 0 Å². The normalized spacial score (nSPS) is 10.6. The van der Waals surface area contributed by atoms with Crippen molar-refractivity contribution in [2.75, 3.05) is 12.3 Å². The number of fused-ring (bicyclic) bond motifs is 1. The highest BCUT2D eigenvalue weighted by Gasteiger charge is 2.15. The molecule has 0 bridgehead atoms. The fourth-order valence-electron chi connectivity index (χ4n) is 2.05. The van der Waals surface area contributed by atoms with Crippen LogP contribution in [0.3, 0.4) is 0 Å². The van der Waals surface area contributed by atoms with Gasteiger partial charge >= 0.3 is 5.97 Å². The van der Waals surface area contributed by atoms with Gasteiger partial charge in [0.05, 0.1) is 17.8 Å². The lowest BCUT2D eigenvalue weighted by Crippen LogP contribution is -2.09. The molecule has 4 nitrogen and oxygen atoms in total. The third-order valence-electron chi connectivity index (χ3n) is 2.84. The van der Waals surface area contributed by atoms with Crippen LogP contribution in [-0.4, -0.2) is 17.6 Å². The maximum atomic E-state index is 11.7. The van der Waals surface area contributed by atoms with Gasteiger partial charge in [0.25, 0.3) is 0 Å². The van der Waals surface area contributed by atoms with Gasteiger partial charge in [-0.2, -0.15) is 0 Å². The zero-order chi connectivity index (χ0) is 13.3. The summed E-state index contributed by atoms with van der Waals surface area (Å²) in [7, 11) is 0. The number of hydrogen-bond donors (Lipinski definition) is 1. The number of anilines is 1. The van der Waals surface area contributed by atoms with E-state index in [1.54, 1.807) is 6.92 Å². The van der Waals surface area contributed by atoms with E-state index in [0.717, 1.165) is 22.0 Å². The number of nitrogens with two attached hydrogens (primary N) is 1. The maximum absolute atomic E-state index is 11.7. The molecule has 1 aromatic heterocycles. The smallest absolute Gasteiger partial charge is 0.341 e. The number of carbonyl (C=O) groups excluding carboxylic acids is 1. The molecule has 0 fully saturated rings. The monoisotopic (exact) mass is 244 g/mol. The van der Waals surface area contributed by atoms with Gasteiger partial charge in [0.15, 0.2) is 0 Å². The standard InChI is InChI=1S/C14H16N2O2/c1-4-18-14(17)11-7-16-13-9(3)5-8(2)6-10(13)12(11)15/h5-7H,4H2,1-3H3,(H2,15,16). The summed E-state index contributed by atoms with van der Waals surface area (Å²) in [4.78, 5) is 16.0. The van der Waals surface area contributed by atoms with Gasteiger partial charge in [0.2, 0.25) is 0 Å². The summed E-state index contributed by atoms with van der Waals surface area (Å²) in [6.45, 7) is 6.05. The molecule has 0 aliphatic rings. The molecule has 2 N–H and O–H groups in total. The molecule has 4 heteroatoms. The summed E-state index contributed by atoms with van der Waals surface area (Å²) in [6, 6.07) is 3.98. The third-order valence-corrected chi connectivity index (χ3v) is 2.84. The van der Waals surface area contributed by atoms with Crippen molar-refractivity contribution in [3.63, 3.8) is 0 Å². The van der Waals surface area contributed by atoms with Crippen LogP contribution in [0.1, 0.15) is 28.4 Å². The first-order chi connectivity index (χ1) is 8.54. The van der Waals surface area contributed by atoms with Crippen LogP contribution in [0, 0.1) is 13.8 Å². The van der Waals surface area contributed by atoms with Crippen LogP contribution in [0.15, 0.2) is 18.3 Å². The number of nitrogens with zero attached hydrogens (tertiary/aromatic N) is 1. The van der Waals surface area contributed by atoms with Crippen molar-refractivity contribution in [2.45, 2.75) is 20.8 Å². The molecule has 0 saturated heterocycles. The van der Waals surface area contributed by atoms with Gasteiger partial charge in [-0.1, -0.05) is 11.6 Å². The number of rotatable bonds is 2. The number of pyridine rings is 1. The van der Waals surface area contributed by atoms with E-state index < -0.39 is 5.97 Å². The van der Waals surface area contributed by atoms with Crippen LogP contribution < -0.4 is 5.73 Å². The molecule has 2 rings (SSSR count). The van der Waals surface area contributed by atoms with E-state index in [-0.39, 0.29) is 0 Å². The van der Waals surface area contributed by atoms with E-state index in [1.165, 1.54) is 6.20 Å². The topological polar surface area (TPSA) is 65.2 Å². The van der Waals surface area contributed by atoms with Gasteiger partial charge in [-0.25, -0.2) is 4.79 Å². The van der Waals surface area contributed by atoms with Crippen molar-refractivity contribution in [3.05, 3.63) is 35.0 Å². The zero-order valence-corrected chi connectivity index (χ0v) is 10.8. The summed E-state index contributed by atoms with van der Waals surface area (Å²) in [5, 5.41) is 0.804. The van der Waals surface area contributed by atoms with Gasteiger partial charge in [0.1, 0.15) is 5.56 Å². The molecule has 0 aliphatic heterocycles. The highest BCUT2D eigenvalue weighted by atomic mass is 16.5. The lowest BCUT2D eigenvalue weighted by molar-refractivity contribution is 0.0527. The average molecular weight is 244 g/mol. The largest absolute Gasteiger partial charge is 0.462 e. The molecule has 0 aliphatic carbocycles. The van der Waals surface area contributed by atoms with Gasteiger partial charge in [-0.3, -0.25) is 4.98 Å². The quantitative estimate of drug-likeness (QED) is 0.825. The molecule has 0 radical (unpaired) electrons. The third kappa shape index (κ3) is 2.01. The summed E-state index contributed by atoms with van der Waals surface area (Å²) >= 11 is 0. The van der Waals surface area contributed by atoms with Crippen LogP contribution in [0.25, 0.3) is 10.9 Å². The van der Waals surface area contributed by atoms with Crippen LogP contribution in [0.5, 0.6) is 0 Å². The average Bonchev–Trinajstić information content (AvgIpc) is 2.30. The Morgan fingerprint density at radius 1 is 1.39 bits per heavy atom. The summed E-state index contributed by atoms with van der Waals surface area (Å²) in [5.74, 6) is -0.427. The molecule has 0 atom stereocenters. The minimum atomic E-state index is -0.427. The van der Waals surface area contributed by atoms with Gasteiger partial charge in [-0.15, -0.1) is 0 Å². The second-order valence-electron chi connectivity index (χ2n) is 4.28. The number of aromatic nitrogens is 1. The van der Waals surface area contributed by atoms with Gasteiger partial charge in [0, 0.05) is 11.6 Å². The lowest BCUT2D eigenvalue weighted by Gasteiger charge is -2.10. The summed E-state index contributed by atoms with van der Waals surface area (Å²) < 4.78 is 4.96. The minimum absolute atomic E-state index is 0.323. The van der Waals surface area contributed by atoms with E-state index in [2.05, 4.69) is 4.98 Å². The predicted molar refractivity (Wildman–Crippen MR) is 71.6 cm³/mol. The molecule has 0 spiro atoms. The van der Waals surface area contributed by atoms with E-state index in [0.29, 0.717) is 17.9 Å². The summed E-state index contributed by atoms with van der Waals surface area (Å²) in [6.07, 6.45) is 1.48. The Hall–Kier alpha value is -2.10. The molecule has 1 heterocycles. The molecular formula is C14H16N2O2. The Morgan fingerprint density at radius 2 is 2.11 bits per heavy atom. The lowest BCUT2D eigenvalue weighted by atomic mass is 10.0. The molecular weight excluding hydrogens is 228 g/mol. The minimum Gasteiger partial charge on any atom is -0.462 e. The first kappa shape index (κ1) is 12.4. The molecule has 2 aromatic rings. The second kappa shape index (κ2) is 4.64. The molecule has 94 valence electrons. The van der Waals surface area contributed by atoms with Crippen LogP contribution in [0.4, 0.5) is 5.69 Å². The number of ether oxygens (including phenoxy) is 1. The molecule has 1 aromatic carbocycles. The number of aryl methyl sites for hydroxylation is 2. The SMILES string of the molecule is CCOC(=O)c1cnc2c(C)cc(C)cc2c1N. The Balaban J connectivity index is 2.67. The molecule has 0 amide bonds. The number of hydrogen-bond acceptors (Lipinski definition) is 4. The Kier molecular flexibility index (Phi) is 3.19. The van der Waals surface area contributed by atoms with E-state index in [1.807, 2.05) is 26.0 Å². The second-order valence-corrected chi connectivity index (χ2v) is 4.28. The fourth-order valence-corrected chi connectivity index (χ4v) is 2.05. The predicted octanol–water partition coefficient (Wildman–Crippen LogP) is 2.61. The Labute approximate surface area is 106 Å². The van der Waals surface area contributed by atoms with Crippen LogP contribution in [0.2, 0.25) is 0 Å². The number of benzene rings is 1. The van der Waals surface area contributed by atoms with Crippen molar-refractivity contribution in [1.29, 1.82) is 0 Å². The zero-order valence-electron chi connectivity index (χ0n) is 10.8. The fraction of sp³-hybridized carbons (Fsp3) is 0.286. The maximum Gasteiger partial charge on any atom is 0.341 e. The van der Waals surface area contributed by atoms with Crippen LogP contribution in [-0.2, 0) is 4.74 Å². The van der Waals surface area contributed by atoms with Gasteiger partial charge in [-0.05, 0) is 32.4 Å². The highest BCUT2D eigenvalue weighted by Crippen LogP contribution is 2.27. The first-order valence-electron chi connectivity index (χ1n) is 5.87. The molecule has 0 saturated carbocycles. The number of nitrogen functional groups attached to an aromatic ring is 1. The van der Waals surface area contributed by atoms with E-state index in [9.17, 15) is 4.79 Å². The Morgan fingerprint density at radius 3 is 2.78 bits per heavy atom. The molecule has 0 unspecified atom stereocenters. The van der Waals surface area contributed by atoms with Crippen molar-refractivity contribution < 1.29 is 9.53 Å². The first-order valence-corrected chi connectivity index (χ1v) is 5.87. The van der Waals surface area contributed by atoms with E-state index in [4.69, 9.17) is 10.5 Å². The van der Waals surface area contributed by atoms with Crippen molar-refractivity contribution in [2.24, 2.45) is 0 Å². The van der Waals surface area contributed by atoms with Gasteiger partial charge < -0.3 is 10.5 Å². The number of esters is 1. The Bertz CT molecular complexity index is 621. The van der Waals surface area contributed by atoms with Crippen molar-refractivity contribution in [3.8, 4) is 0 Å². The van der Waals surface area contributed by atoms with Crippen molar-refractivity contribution >= 4 is 22.6 Å². The van der Waals surface area contributed by atoms with Crippen molar-refractivity contribution in [1.82, 2.24) is 4.98 Å². The highest BCUT2D eigenvalue weighted by molar-refractivity contribution is 6.04. The number of carbonyl (C=O) groups is 1. The summed E-state index contributed by atoms with van der Waals surface area (Å²) in [5.41, 5.74) is 9.78. The molecule has 18 heavy (non-hydrogen) atoms.